The Bertz CT molecular complexity index is 995. The summed E-state index contributed by atoms with van der Waals surface area (Å²) in [5.74, 6) is -0.224. The van der Waals surface area contributed by atoms with Crippen LogP contribution in [0.25, 0.3) is 11.3 Å². The SMILES string of the molecule is CCCc1ccc(-c2nc(NC(=O)c3ccc(CNC(N)=O)cc3)sc2C)cc1. The first-order valence-corrected chi connectivity index (χ1v) is 10.3. The van der Waals surface area contributed by atoms with Crippen LogP contribution in [0.5, 0.6) is 0 Å². The van der Waals surface area contributed by atoms with Gasteiger partial charge in [-0.3, -0.25) is 10.1 Å². The van der Waals surface area contributed by atoms with Crippen LogP contribution in [0.2, 0.25) is 0 Å². The Labute approximate surface area is 174 Å². The zero-order valence-electron chi connectivity index (χ0n) is 16.5. The minimum atomic E-state index is -0.582. The van der Waals surface area contributed by atoms with Crippen molar-refractivity contribution < 1.29 is 9.59 Å². The van der Waals surface area contributed by atoms with E-state index in [1.165, 1.54) is 16.9 Å². The van der Waals surface area contributed by atoms with Crippen molar-refractivity contribution in [2.24, 2.45) is 5.73 Å². The number of hydrogen-bond donors (Lipinski definition) is 3. The summed E-state index contributed by atoms with van der Waals surface area (Å²) in [6.45, 7) is 4.49. The lowest BCUT2D eigenvalue weighted by Crippen LogP contribution is -2.28. The third kappa shape index (κ3) is 5.42. The number of carbonyl (C=O) groups is 2. The summed E-state index contributed by atoms with van der Waals surface area (Å²) in [6, 6.07) is 14.8. The van der Waals surface area contributed by atoms with Crippen molar-refractivity contribution in [3.05, 3.63) is 70.1 Å². The fourth-order valence-electron chi connectivity index (χ4n) is 2.97. The van der Waals surface area contributed by atoms with Crippen molar-refractivity contribution in [3.63, 3.8) is 0 Å². The summed E-state index contributed by atoms with van der Waals surface area (Å²) in [4.78, 5) is 29.0. The Kier molecular flexibility index (Phi) is 6.61. The van der Waals surface area contributed by atoms with E-state index in [-0.39, 0.29) is 5.91 Å². The van der Waals surface area contributed by atoms with Crippen molar-refractivity contribution in [1.82, 2.24) is 10.3 Å². The highest BCUT2D eigenvalue weighted by atomic mass is 32.1. The molecule has 0 aliphatic rings. The normalized spacial score (nSPS) is 10.6. The van der Waals surface area contributed by atoms with E-state index in [2.05, 4.69) is 46.8 Å². The van der Waals surface area contributed by atoms with Crippen LogP contribution in [0.15, 0.2) is 48.5 Å². The molecule has 0 atom stereocenters. The first-order valence-electron chi connectivity index (χ1n) is 9.46. The Balaban J connectivity index is 1.68. The molecule has 0 saturated heterocycles. The number of hydrogen-bond acceptors (Lipinski definition) is 4. The third-order valence-corrected chi connectivity index (χ3v) is 5.35. The maximum Gasteiger partial charge on any atom is 0.312 e. The van der Waals surface area contributed by atoms with E-state index in [9.17, 15) is 9.59 Å². The van der Waals surface area contributed by atoms with E-state index in [0.717, 1.165) is 34.5 Å². The number of rotatable bonds is 7. The van der Waals surface area contributed by atoms with Crippen molar-refractivity contribution in [1.29, 1.82) is 0 Å². The van der Waals surface area contributed by atoms with Gasteiger partial charge < -0.3 is 11.1 Å². The van der Waals surface area contributed by atoms with Gasteiger partial charge in [0.1, 0.15) is 0 Å². The molecular formula is C22H24N4O2S. The minimum absolute atomic E-state index is 0.224. The highest BCUT2D eigenvalue weighted by Crippen LogP contribution is 2.31. The van der Waals surface area contributed by atoms with E-state index in [0.29, 0.717) is 17.2 Å². The summed E-state index contributed by atoms with van der Waals surface area (Å²) in [5.41, 5.74) is 9.69. The van der Waals surface area contributed by atoms with Crippen LogP contribution in [-0.2, 0) is 13.0 Å². The molecule has 0 aliphatic heterocycles. The Morgan fingerprint density at radius 1 is 1.03 bits per heavy atom. The van der Waals surface area contributed by atoms with Crippen LogP contribution in [0, 0.1) is 6.92 Å². The third-order valence-electron chi connectivity index (χ3n) is 4.47. The molecule has 29 heavy (non-hydrogen) atoms. The number of nitrogens with one attached hydrogen (secondary N) is 2. The van der Waals surface area contributed by atoms with Crippen LogP contribution in [0.4, 0.5) is 9.93 Å². The molecule has 0 bridgehead atoms. The Morgan fingerprint density at radius 2 is 1.69 bits per heavy atom. The number of aromatic nitrogens is 1. The molecule has 1 aromatic heterocycles. The van der Waals surface area contributed by atoms with Crippen LogP contribution >= 0.6 is 11.3 Å². The van der Waals surface area contributed by atoms with E-state index in [1.807, 2.05) is 6.92 Å². The zero-order valence-corrected chi connectivity index (χ0v) is 17.3. The number of anilines is 1. The fourth-order valence-corrected chi connectivity index (χ4v) is 3.80. The first kappa shape index (κ1) is 20.5. The average Bonchev–Trinajstić information content (AvgIpc) is 3.07. The second kappa shape index (κ2) is 9.34. The largest absolute Gasteiger partial charge is 0.352 e. The van der Waals surface area contributed by atoms with Crippen molar-refractivity contribution in [2.75, 3.05) is 5.32 Å². The summed E-state index contributed by atoms with van der Waals surface area (Å²) in [7, 11) is 0. The second-order valence-corrected chi connectivity index (χ2v) is 7.94. The zero-order chi connectivity index (χ0) is 20.8. The number of nitrogens with zero attached hydrogens (tertiary/aromatic N) is 1. The van der Waals surface area contributed by atoms with Gasteiger partial charge >= 0.3 is 6.03 Å². The summed E-state index contributed by atoms with van der Waals surface area (Å²) >= 11 is 1.46. The van der Waals surface area contributed by atoms with Crippen LogP contribution in [0.1, 0.15) is 39.7 Å². The number of thiazole rings is 1. The van der Waals surface area contributed by atoms with E-state index >= 15 is 0 Å². The van der Waals surface area contributed by atoms with Gasteiger partial charge in [0.25, 0.3) is 5.91 Å². The van der Waals surface area contributed by atoms with Gasteiger partial charge in [-0.25, -0.2) is 9.78 Å². The van der Waals surface area contributed by atoms with Gasteiger partial charge in [-0.2, -0.15) is 0 Å². The number of amides is 3. The number of nitrogens with two attached hydrogens (primary N) is 1. The molecule has 0 fully saturated rings. The molecule has 1 heterocycles. The molecule has 0 aliphatic carbocycles. The van der Waals surface area contributed by atoms with Crippen LogP contribution < -0.4 is 16.4 Å². The average molecular weight is 409 g/mol. The van der Waals surface area contributed by atoms with Gasteiger partial charge in [0.15, 0.2) is 5.13 Å². The predicted octanol–water partition coefficient (Wildman–Crippen LogP) is 4.49. The highest BCUT2D eigenvalue weighted by Gasteiger charge is 2.13. The minimum Gasteiger partial charge on any atom is -0.352 e. The smallest absolute Gasteiger partial charge is 0.312 e. The molecule has 6 nitrogen and oxygen atoms in total. The van der Waals surface area contributed by atoms with E-state index in [4.69, 9.17) is 5.73 Å². The van der Waals surface area contributed by atoms with Crippen molar-refractivity contribution in [2.45, 2.75) is 33.2 Å². The quantitative estimate of drug-likeness (QED) is 0.537. The lowest BCUT2D eigenvalue weighted by Gasteiger charge is -2.05. The molecule has 3 aromatic rings. The predicted molar refractivity (Wildman–Crippen MR) is 117 cm³/mol. The number of benzene rings is 2. The molecule has 7 heteroatoms. The molecule has 0 unspecified atom stereocenters. The lowest BCUT2D eigenvalue weighted by molar-refractivity contribution is 0.102. The first-order chi connectivity index (χ1) is 14.0. The van der Waals surface area contributed by atoms with Crippen LogP contribution in [0.3, 0.4) is 0 Å². The maximum atomic E-state index is 12.5. The second-order valence-electron chi connectivity index (χ2n) is 6.74. The maximum absolute atomic E-state index is 12.5. The molecule has 0 saturated carbocycles. The van der Waals surface area contributed by atoms with Crippen molar-refractivity contribution in [3.8, 4) is 11.3 Å². The van der Waals surface area contributed by atoms with Crippen LogP contribution in [-0.4, -0.2) is 16.9 Å². The Morgan fingerprint density at radius 3 is 2.31 bits per heavy atom. The number of carbonyl (C=O) groups excluding carboxylic acids is 2. The van der Waals surface area contributed by atoms with E-state index < -0.39 is 6.03 Å². The topological polar surface area (TPSA) is 97.1 Å². The Hall–Kier alpha value is -3.19. The molecule has 2 aromatic carbocycles. The van der Waals surface area contributed by atoms with E-state index in [1.54, 1.807) is 24.3 Å². The summed E-state index contributed by atoms with van der Waals surface area (Å²) in [6.07, 6.45) is 2.18. The van der Waals surface area contributed by atoms with Gasteiger partial charge in [0, 0.05) is 22.5 Å². The standard InChI is InChI=1S/C22H24N4O2S/c1-3-4-15-5-9-17(10-6-15)19-14(2)29-22(25-19)26-20(27)18-11-7-16(8-12-18)13-24-21(23)28/h5-12H,3-4,13H2,1-2H3,(H3,23,24,28)(H,25,26,27). The summed E-state index contributed by atoms with van der Waals surface area (Å²) in [5, 5.41) is 5.95. The van der Waals surface area contributed by atoms with Crippen molar-refractivity contribution >= 4 is 28.4 Å². The molecule has 4 N–H and O–H groups in total. The molecule has 3 rings (SSSR count). The van der Waals surface area contributed by atoms with Gasteiger partial charge in [0.2, 0.25) is 0 Å². The summed E-state index contributed by atoms with van der Waals surface area (Å²) < 4.78 is 0. The van der Waals surface area contributed by atoms with Gasteiger partial charge in [-0.1, -0.05) is 49.7 Å². The lowest BCUT2D eigenvalue weighted by atomic mass is 10.1. The molecule has 0 spiro atoms. The molecule has 0 radical (unpaired) electrons. The van der Waals surface area contributed by atoms with Gasteiger partial charge in [-0.15, -0.1) is 11.3 Å². The highest BCUT2D eigenvalue weighted by molar-refractivity contribution is 7.16. The number of aryl methyl sites for hydroxylation is 2. The molecule has 150 valence electrons. The molecular weight excluding hydrogens is 384 g/mol. The number of primary amides is 1. The van der Waals surface area contributed by atoms with Gasteiger partial charge in [-0.05, 0) is 36.6 Å². The fraction of sp³-hybridized carbons (Fsp3) is 0.227. The molecule has 3 amide bonds. The number of urea groups is 1. The monoisotopic (exact) mass is 408 g/mol. The van der Waals surface area contributed by atoms with Gasteiger partial charge in [0.05, 0.1) is 5.69 Å².